The van der Waals surface area contributed by atoms with Gasteiger partial charge in [-0.1, -0.05) is 30.3 Å². The highest BCUT2D eigenvalue weighted by molar-refractivity contribution is 5.67. The summed E-state index contributed by atoms with van der Waals surface area (Å²) < 4.78 is 0. The summed E-state index contributed by atoms with van der Waals surface area (Å²) in [7, 11) is 0. The third kappa shape index (κ3) is 2.18. The predicted molar refractivity (Wildman–Crippen MR) is 71.0 cm³/mol. The van der Waals surface area contributed by atoms with E-state index in [9.17, 15) is 5.26 Å². The van der Waals surface area contributed by atoms with Crippen LogP contribution in [0.15, 0.2) is 42.6 Å². The first-order valence-corrected chi connectivity index (χ1v) is 6.09. The van der Waals surface area contributed by atoms with Gasteiger partial charge in [0.25, 0.3) is 0 Å². The Kier molecular flexibility index (Phi) is 2.70. The van der Waals surface area contributed by atoms with E-state index in [1.807, 2.05) is 42.6 Å². The Morgan fingerprint density at radius 1 is 1.17 bits per heavy atom. The Balaban J connectivity index is 1.96. The molecule has 88 valence electrons. The number of nitrogens with one attached hydrogen (secondary N) is 1. The van der Waals surface area contributed by atoms with E-state index in [1.54, 1.807) is 0 Å². The lowest BCUT2D eigenvalue weighted by atomic mass is 10.1. The quantitative estimate of drug-likeness (QED) is 0.888. The lowest BCUT2D eigenvalue weighted by Crippen LogP contribution is -2.05. The molecule has 0 aliphatic heterocycles. The van der Waals surface area contributed by atoms with Crippen LogP contribution in [0.5, 0.6) is 0 Å². The molecule has 0 amide bonds. The van der Waals surface area contributed by atoms with Crippen molar-refractivity contribution in [2.75, 3.05) is 5.32 Å². The predicted octanol–water partition coefficient (Wildman–Crippen LogP) is 3.19. The fraction of sp³-hybridized carbons (Fsp3) is 0.200. The zero-order valence-corrected chi connectivity index (χ0v) is 9.93. The van der Waals surface area contributed by atoms with Gasteiger partial charge in [0.05, 0.1) is 5.56 Å². The first-order chi connectivity index (χ1) is 8.86. The zero-order chi connectivity index (χ0) is 12.4. The van der Waals surface area contributed by atoms with Gasteiger partial charge in [-0.3, -0.25) is 0 Å². The molecule has 1 aliphatic carbocycles. The maximum Gasteiger partial charge on any atom is 0.144 e. The number of aromatic nitrogens is 1. The summed E-state index contributed by atoms with van der Waals surface area (Å²) in [5.41, 5.74) is 2.68. The summed E-state index contributed by atoms with van der Waals surface area (Å²) >= 11 is 0. The second kappa shape index (κ2) is 4.50. The molecule has 3 heteroatoms. The van der Waals surface area contributed by atoms with Crippen molar-refractivity contribution in [2.45, 2.75) is 18.9 Å². The summed E-state index contributed by atoms with van der Waals surface area (Å²) in [5.74, 6) is 0.708. The molecule has 0 saturated heterocycles. The van der Waals surface area contributed by atoms with Crippen molar-refractivity contribution in [1.82, 2.24) is 4.98 Å². The summed E-state index contributed by atoms with van der Waals surface area (Å²) in [6.07, 6.45) is 4.17. The standard InChI is InChI=1S/C15H13N3/c16-9-12-8-13(11-4-2-1-3-5-11)10-17-15(12)18-14-6-7-14/h1-5,8,10,14H,6-7H2,(H,17,18). The van der Waals surface area contributed by atoms with E-state index >= 15 is 0 Å². The van der Waals surface area contributed by atoms with Crippen LogP contribution in [0.3, 0.4) is 0 Å². The van der Waals surface area contributed by atoms with E-state index < -0.39 is 0 Å². The molecule has 1 saturated carbocycles. The highest BCUT2D eigenvalue weighted by Gasteiger charge is 2.22. The lowest BCUT2D eigenvalue weighted by Gasteiger charge is -2.07. The van der Waals surface area contributed by atoms with Crippen LogP contribution in [0.4, 0.5) is 5.82 Å². The molecule has 0 bridgehead atoms. The molecule has 1 aromatic heterocycles. The van der Waals surface area contributed by atoms with E-state index in [4.69, 9.17) is 0 Å². The Morgan fingerprint density at radius 2 is 1.94 bits per heavy atom. The van der Waals surface area contributed by atoms with Gasteiger partial charge in [0.1, 0.15) is 11.9 Å². The van der Waals surface area contributed by atoms with E-state index in [1.165, 1.54) is 12.8 Å². The van der Waals surface area contributed by atoms with Crippen LogP contribution in [-0.2, 0) is 0 Å². The van der Waals surface area contributed by atoms with Crippen LogP contribution in [-0.4, -0.2) is 11.0 Å². The van der Waals surface area contributed by atoms with Crippen molar-refractivity contribution in [3.05, 3.63) is 48.2 Å². The SMILES string of the molecule is N#Cc1cc(-c2ccccc2)cnc1NC1CC1. The van der Waals surface area contributed by atoms with Gasteiger partial charge >= 0.3 is 0 Å². The third-order valence-corrected chi connectivity index (χ3v) is 3.03. The van der Waals surface area contributed by atoms with Crippen LogP contribution in [0.1, 0.15) is 18.4 Å². The lowest BCUT2D eigenvalue weighted by molar-refractivity contribution is 1.11. The molecule has 18 heavy (non-hydrogen) atoms. The number of nitriles is 1. The van der Waals surface area contributed by atoms with Gasteiger partial charge in [0.2, 0.25) is 0 Å². The number of rotatable bonds is 3. The Bertz CT molecular complexity index is 595. The maximum atomic E-state index is 9.19. The summed E-state index contributed by atoms with van der Waals surface area (Å²) in [4.78, 5) is 4.37. The zero-order valence-electron chi connectivity index (χ0n) is 9.93. The average Bonchev–Trinajstić information content (AvgIpc) is 3.24. The van der Waals surface area contributed by atoms with E-state index in [2.05, 4.69) is 16.4 Å². The molecule has 2 aromatic rings. The van der Waals surface area contributed by atoms with Gasteiger partial charge in [-0.25, -0.2) is 4.98 Å². The van der Waals surface area contributed by atoms with Gasteiger partial charge in [-0.05, 0) is 24.5 Å². The molecule has 0 spiro atoms. The molecule has 0 unspecified atom stereocenters. The minimum Gasteiger partial charge on any atom is -0.366 e. The molecule has 3 nitrogen and oxygen atoms in total. The topological polar surface area (TPSA) is 48.7 Å². The molecule has 1 N–H and O–H groups in total. The van der Waals surface area contributed by atoms with Crippen LogP contribution in [0.2, 0.25) is 0 Å². The minimum atomic E-state index is 0.507. The van der Waals surface area contributed by atoms with Crippen LogP contribution in [0, 0.1) is 11.3 Å². The number of anilines is 1. The van der Waals surface area contributed by atoms with Crippen molar-refractivity contribution in [1.29, 1.82) is 5.26 Å². The first kappa shape index (κ1) is 10.8. The van der Waals surface area contributed by atoms with Crippen molar-refractivity contribution < 1.29 is 0 Å². The smallest absolute Gasteiger partial charge is 0.144 e. The van der Waals surface area contributed by atoms with Gasteiger partial charge in [-0.15, -0.1) is 0 Å². The van der Waals surface area contributed by atoms with Gasteiger partial charge in [-0.2, -0.15) is 5.26 Å². The molecule has 1 heterocycles. The number of hydrogen-bond donors (Lipinski definition) is 1. The van der Waals surface area contributed by atoms with Gasteiger partial charge in [0.15, 0.2) is 0 Å². The van der Waals surface area contributed by atoms with Crippen molar-refractivity contribution >= 4 is 5.82 Å². The summed E-state index contributed by atoms with van der Waals surface area (Å²) in [6, 6.07) is 14.6. The van der Waals surface area contributed by atoms with Crippen LogP contribution >= 0.6 is 0 Å². The van der Waals surface area contributed by atoms with Gasteiger partial charge < -0.3 is 5.32 Å². The normalized spacial score (nSPS) is 13.9. The second-order valence-corrected chi connectivity index (χ2v) is 4.52. The van der Waals surface area contributed by atoms with Crippen molar-refractivity contribution in [2.24, 2.45) is 0 Å². The molecule has 0 radical (unpaired) electrons. The fourth-order valence-electron chi connectivity index (χ4n) is 1.87. The molecule has 1 aliphatic rings. The van der Waals surface area contributed by atoms with Crippen LogP contribution in [0.25, 0.3) is 11.1 Å². The van der Waals surface area contributed by atoms with E-state index in [0.29, 0.717) is 17.4 Å². The third-order valence-electron chi connectivity index (χ3n) is 3.03. The Labute approximate surface area is 106 Å². The Hall–Kier alpha value is -2.34. The van der Waals surface area contributed by atoms with Gasteiger partial charge in [0, 0.05) is 17.8 Å². The van der Waals surface area contributed by atoms with Crippen molar-refractivity contribution in [3.63, 3.8) is 0 Å². The molecule has 1 fully saturated rings. The minimum absolute atomic E-state index is 0.507. The monoisotopic (exact) mass is 235 g/mol. The number of benzene rings is 1. The summed E-state index contributed by atoms with van der Waals surface area (Å²) in [6.45, 7) is 0. The fourth-order valence-corrected chi connectivity index (χ4v) is 1.87. The average molecular weight is 235 g/mol. The summed E-state index contributed by atoms with van der Waals surface area (Å²) in [5, 5.41) is 12.5. The highest BCUT2D eigenvalue weighted by Crippen LogP contribution is 2.27. The van der Waals surface area contributed by atoms with E-state index in [0.717, 1.165) is 11.1 Å². The molecule has 0 atom stereocenters. The second-order valence-electron chi connectivity index (χ2n) is 4.52. The molecule has 3 rings (SSSR count). The van der Waals surface area contributed by atoms with E-state index in [-0.39, 0.29) is 0 Å². The van der Waals surface area contributed by atoms with Crippen LogP contribution < -0.4 is 5.32 Å². The van der Waals surface area contributed by atoms with Crippen molar-refractivity contribution in [3.8, 4) is 17.2 Å². The largest absolute Gasteiger partial charge is 0.366 e. The molecular weight excluding hydrogens is 222 g/mol. The maximum absolute atomic E-state index is 9.19. The highest BCUT2D eigenvalue weighted by atomic mass is 15.0. The molecular formula is C15H13N3. The number of hydrogen-bond acceptors (Lipinski definition) is 3. The molecule has 1 aromatic carbocycles. The first-order valence-electron chi connectivity index (χ1n) is 6.09. The number of nitrogens with zero attached hydrogens (tertiary/aromatic N) is 2. The Morgan fingerprint density at radius 3 is 2.61 bits per heavy atom. The number of pyridine rings is 1.